The fourth-order valence-electron chi connectivity index (χ4n) is 3.91. The van der Waals surface area contributed by atoms with Gasteiger partial charge in [-0.2, -0.15) is 0 Å². The third-order valence-corrected chi connectivity index (χ3v) is 5.33. The quantitative estimate of drug-likeness (QED) is 0.738. The standard InChI is InChI=1S/C20H28N2O2/c1-2-15(12-14-6-4-3-5-7-14)18-13-19(18)21-16-8-10-17(11-9-16)22-20(23)24/h3-7,12,16-19,21-22H,2,8-11,13H2,1H3,(H,23,24)/t16-,17-,18-,19+/m0/s1. The summed E-state index contributed by atoms with van der Waals surface area (Å²) in [6.07, 6.45) is 7.82. The number of benzene rings is 1. The van der Waals surface area contributed by atoms with Gasteiger partial charge in [0.15, 0.2) is 0 Å². The Balaban J connectivity index is 1.47. The Hall–Kier alpha value is -1.81. The fraction of sp³-hybridized carbons (Fsp3) is 0.550. The lowest BCUT2D eigenvalue weighted by molar-refractivity contribution is 0.183. The molecular formula is C20H28N2O2. The van der Waals surface area contributed by atoms with Crippen molar-refractivity contribution in [2.24, 2.45) is 5.92 Å². The van der Waals surface area contributed by atoms with Crippen LogP contribution in [0.4, 0.5) is 4.79 Å². The Kier molecular flexibility index (Phi) is 5.56. The van der Waals surface area contributed by atoms with Crippen molar-refractivity contribution >= 4 is 12.2 Å². The summed E-state index contributed by atoms with van der Waals surface area (Å²) in [7, 11) is 0. The molecule has 0 aromatic heterocycles. The Bertz CT molecular complexity index is 577. The zero-order valence-electron chi connectivity index (χ0n) is 14.4. The zero-order valence-corrected chi connectivity index (χ0v) is 14.4. The van der Waals surface area contributed by atoms with Gasteiger partial charge in [-0.25, -0.2) is 4.79 Å². The highest BCUT2D eigenvalue weighted by molar-refractivity contribution is 5.64. The Morgan fingerprint density at radius 1 is 1.17 bits per heavy atom. The van der Waals surface area contributed by atoms with E-state index in [0.29, 0.717) is 18.0 Å². The van der Waals surface area contributed by atoms with Crippen LogP contribution in [0.5, 0.6) is 0 Å². The lowest BCUT2D eigenvalue weighted by Gasteiger charge is -2.29. The van der Waals surface area contributed by atoms with Crippen LogP contribution in [0.25, 0.3) is 6.08 Å². The first-order valence-corrected chi connectivity index (χ1v) is 9.16. The van der Waals surface area contributed by atoms with Crippen LogP contribution in [0.3, 0.4) is 0 Å². The second-order valence-corrected chi connectivity index (χ2v) is 7.10. The summed E-state index contributed by atoms with van der Waals surface area (Å²) in [4.78, 5) is 10.7. The largest absolute Gasteiger partial charge is 0.465 e. The molecule has 0 unspecified atom stereocenters. The van der Waals surface area contributed by atoms with Gasteiger partial charge in [-0.3, -0.25) is 0 Å². The lowest BCUT2D eigenvalue weighted by atomic mass is 9.91. The van der Waals surface area contributed by atoms with Crippen molar-refractivity contribution in [2.45, 2.75) is 63.6 Å². The van der Waals surface area contributed by atoms with Crippen LogP contribution < -0.4 is 10.6 Å². The minimum absolute atomic E-state index is 0.139. The maximum atomic E-state index is 10.7. The molecule has 24 heavy (non-hydrogen) atoms. The van der Waals surface area contributed by atoms with E-state index in [4.69, 9.17) is 5.11 Å². The molecule has 2 saturated carbocycles. The van der Waals surface area contributed by atoms with Crippen molar-refractivity contribution in [3.63, 3.8) is 0 Å². The highest BCUT2D eigenvalue weighted by Crippen LogP contribution is 2.40. The summed E-state index contributed by atoms with van der Waals surface area (Å²) in [6.45, 7) is 2.24. The molecule has 0 saturated heterocycles. The van der Waals surface area contributed by atoms with Crippen LogP contribution in [0, 0.1) is 5.92 Å². The molecule has 0 spiro atoms. The van der Waals surface area contributed by atoms with Gasteiger partial charge in [0.25, 0.3) is 0 Å². The molecule has 0 heterocycles. The van der Waals surface area contributed by atoms with E-state index in [1.807, 2.05) is 0 Å². The molecule has 4 nitrogen and oxygen atoms in total. The molecule has 130 valence electrons. The third-order valence-electron chi connectivity index (χ3n) is 5.33. The van der Waals surface area contributed by atoms with Gasteiger partial charge in [0, 0.05) is 18.1 Å². The monoisotopic (exact) mass is 328 g/mol. The molecule has 1 aromatic rings. The summed E-state index contributed by atoms with van der Waals surface area (Å²) in [5.74, 6) is 0.671. The van der Waals surface area contributed by atoms with E-state index in [1.165, 1.54) is 12.0 Å². The molecule has 2 aliphatic carbocycles. The van der Waals surface area contributed by atoms with Crippen LogP contribution in [-0.4, -0.2) is 29.3 Å². The molecule has 2 fully saturated rings. The average molecular weight is 328 g/mol. The summed E-state index contributed by atoms with van der Waals surface area (Å²) in [5, 5.41) is 15.2. The number of carboxylic acid groups (broad SMARTS) is 1. The highest BCUT2D eigenvalue weighted by Gasteiger charge is 2.40. The minimum atomic E-state index is -0.896. The van der Waals surface area contributed by atoms with Crippen molar-refractivity contribution in [1.29, 1.82) is 0 Å². The molecule has 2 aliphatic rings. The van der Waals surface area contributed by atoms with Gasteiger partial charge in [0.05, 0.1) is 0 Å². The number of rotatable bonds is 6. The molecule has 1 aromatic carbocycles. The van der Waals surface area contributed by atoms with E-state index in [-0.39, 0.29) is 6.04 Å². The first-order valence-electron chi connectivity index (χ1n) is 9.16. The van der Waals surface area contributed by atoms with E-state index < -0.39 is 6.09 Å². The molecule has 2 atom stereocenters. The van der Waals surface area contributed by atoms with Gasteiger partial charge in [0.1, 0.15) is 0 Å². The zero-order chi connectivity index (χ0) is 16.9. The normalized spacial score (nSPS) is 30.0. The average Bonchev–Trinajstić information content (AvgIpc) is 3.34. The maximum Gasteiger partial charge on any atom is 0.404 e. The van der Waals surface area contributed by atoms with Crippen LogP contribution in [0.2, 0.25) is 0 Å². The van der Waals surface area contributed by atoms with E-state index in [1.54, 1.807) is 5.57 Å². The van der Waals surface area contributed by atoms with Crippen molar-refractivity contribution < 1.29 is 9.90 Å². The first kappa shape index (κ1) is 17.0. The van der Waals surface area contributed by atoms with Gasteiger partial charge < -0.3 is 15.7 Å². The van der Waals surface area contributed by atoms with E-state index >= 15 is 0 Å². The molecule has 1 amide bonds. The summed E-state index contributed by atoms with van der Waals surface area (Å²) in [5.41, 5.74) is 2.83. The topological polar surface area (TPSA) is 61.4 Å². The van der Waals surface area contributed by atoms with Crippen molar-refractivity contribution in [1.82, 2.24) is 10.6 Å². The molecule has 3 N–H and O–H groups in total. The Morgan fingerprint density at radius 2 is 1.83 bits per heavy atom. The lowest BCUT2D eigenvalue weighted by Crippen LogP contribution is -2.42. The molecule has 3 rings (SSSR count). The minimum Gasteiger partial charge on any atom is -0.465 e. The number of amides is 1. The van der Waals surface area contributed by atoms with E-state index in [0.717, 1.165) is 32.1 Å². The third kappa shape index (κ3) is 4.60. The second-order valence-electron chi connectivity index (χ2n) is 7.10. The predicted octanol–water partition coefficient (Wildman–Crippen LogP) is 4.04. The number of carbonyl (C=O) groups is 1. The number of hydrogen-bond acceptors (Lipinski definition) is 2. The SMILES string of the molecule is CCC(=Cc1ccccc1)[C@@H]1C[C@H]1N[C@H]1CC[C@H](NC(=O)O)CC1. The second kappa shape index (κ2) is 7.84. The van der Waals surface area contributed by atoms with Gasteiger partial charge >= 0.3 is 6.09 Å². The Labute approximate surface area is 144 Å². The van der Waals surface area contributed by atoms with Crippen LogP contribution in [0.1, 0.15) is 51.0 Å². The van der Waals surface area contributed by atoms with Gasteiger partial charge in [-0.15, -0.1) is 0 Å². The molecule has 0 bridgehead atoms. The highest BCUT2D eigenvalue weighted by atomic mass is 16.4. The fourth-order valence-corrected chi connectivity index (χ4v) is 3.91. The molecule has 4 heteroatoms. The smallest absolute Gasteiger partial charge is 0.404 e. The van der Waals surface area contributed by atoms with Crippen molar-refractivity contribution in [3.05, 3.63) is 41.5 Å². The van der Waals surface area contributed by atoms with E-state index in [9.17, 15) is 4.79 Å². The summed E-state index contributed by atoms with van der Waals surface area (Å²) in [6, 6.07) is 11.8. The van der Waals surface area contributed by atoms with Gasteiger partial charge in [0.2, 0.25) is 0 Å². The molecule has 0 radical (unpaired) electrons. The van der Waals surface area contributed by atoms with Crippen LogP contribution in [-0.2, 0) is 0 Å². The summed E-state index contributed by atoms with van der Waals surface area (Å²) < 4.78 is 0. The van der Waals surface area contributed by atoms with Crippen molar-refractivity contribution in [2.75, 3.05) is 0 Å². The van der Waals surface area contributed by atoms with Crippen molar-refractivity contribution in [3.8, 4) is 0 Å². The molecule has 0 aliphatic heterocycles. The number of nitrogens with one attached hydrogen (secondary N) is 2. The predicted molar refractivity (Wildman–Crippen MR) is 96.9 cm³/mol. The number of hydrogen-bond donors (Lipinski definition) is 3. The summed E-state index contributed by atoms with van der Waals surface area (Å²) >= 11 is 0. The first-order chi connectivity index (χ1) is 11.7. The Morgan fingerprint density at radius 3 is 2.46 bits per heavy atom. The van der Waals surface area contributed by atoms with Crippen LogP contribution in [0.15, 0.2) is 35.9 Å². The van der Waals surface area contributed by atoms with Gasteiger partial charge in [-0.05, 0) is 50.0 Å². The van der Waals surface area contributed by atoms with Gasteiger partial charge in [-0.1, -0.05) is 48.9 Å². The van der Waals surface area contributed by atoms with Crippen LogP contribution >= 0.6 is 0 Å². The molecular weight excluding hydrogens is 300 g/mol. The maximum absolute atomic E-state index is 10.7. The van der Waals surface area contributed by atoms with E-state index in [2.05, 4.69) is 54.0 Å².